The van der Waals surface area contributed by atoms with Gasteiger partial charge in [-0.1, -0.05) is 0 Å². The molecule has 0 spiro atoms. The molecule has 0 bridgehead atoms. The molecule has 0 N–H and O–H groups in total. The van der Waals surface area contributed by atoms with Gasteiger partial charge in [0.15, 0.2) is 0 Å². The van der Waals surface area contributed by atoms with Gasteiger partial charge in [0.1, 0.15) is 0 Å². The zero-order valence-electron chi connectivity index (χ0n) is 3.22. The maximum Gasteiger partial charge on any atom is 0.0412 e. The lowest BCUT2D eigenvalue weighted by atomic mass is 10.8. The van der Waals surface area contributed by atoms with E-state index >= 15 is 0 Å². The molecule has 0 aromatic carbocycles. The highest BCUT2D eigenvalue weighted by atomic mass is 32.2. The maximum atomic E-state index is 3.80. The Bertz CT molecular complexity index is 73.5. The first-order chi connectivity index (χ1) is 3.00. The minimum Gasteiger partial charge on any atom is -0.267 e. The molecular weight excluding hydrogens is 94.1 g/mol. The van der Waals surface area contributed by atoms with Crippen molar-refractivity contribution >= 4 is 18.0 Å². The Morgan fingerprint density at radius 1 is 1.83 bits per heavy atom. The molecule has 0 aliphatic carbocycles. The zero-order chi connectivity index (χ0) is 4.24. The van der Waals surface area contributed by atoms with Crippen molar-refractivity contribution in [3.8, 4) is 0 Å². The summed E-state index contributed by atoms with van der Waals surface area (Å²) in [6.07, 6.45) is 3.54. The van der Waals surface area contributed by atoms with Crippen LogP contribution in [0.5, 0.6) is 0 Å². The molecule has 1 radical (unpaired) electrons. The van der Waals surface area contributed by atoms with Gasteiger partial charge in [-0.2, -0.15) is 0 Å². The Labute approximate surface area is 41.2 Å². The molecule has 0 saturated heterocycles. The van der Waals surface area contributed by atoms with Gasteiger partial charge >= 0.3 is 0 Å². The van der Waals surface area contributed by atoms with Crippen LogP contribution >= 0.6 is 11.8 Å². The summed E-state index contributed by atoms with van der Waals surface area (Å²) in [4.78, 5) is 3.80. The smallest absolute Gasteiger partial charge is 0.0412 e. The molecule has 1 nitrogen and oxygen atoms in total. The average Bonchev–Trinajstić information content (AvgIpc) is 1.72. The van der Waals surface area contributed by atoms with E-state index in [0.29, 0.717) is 0 Å². The lowest BCUT2D eigenvalue weighted by Crippen LogP contribution is -1.78. The second kappa shape index (κ2) is 2.03. The largest absolute Gasteiger partial charge is 0.267 e. The molecule has 1 rings (SSSR count). The molecule has 0 aromatic heterocycles. The third kappa shape index (κ3) is 0.863. The molecule has 2 heteroatoms. The summed E-state index contributed by atoms with van der Waals surface area (Å²) in [5, 5.41) is 2.88. The first kappa shape index (κ1) is 3.93. The Hall–Kier alpha value is -0.240. The minimum atomic E-state index is 0.983. The van der Waals surface area contributed by atoms with Crippen molar-refractivity contribution in [1.29, 1.82) is 0 Å². The number of thioether (sulfide) groups is 1. The van der Waals surface area contributed by atoms with E-state index in [1.807, 2.05) is 6.21 Å². The van der Waals surface area contributed by atoms with Crippen LogP contribution in [0.2, 0.25) is 0 Å². The van der Waals surface area contributed by atoms with Gasteiger partial charge in [-0.15, -0.1) is 11.8 Å². The van der Waals surface area contributed by atoms with E-state index in [4.69, 9.17) is 0 Å². The van der Waals surface area contributed by atoms with Gasteiger partial charge in [0, 0.05) is 23.6 Å². The Kier molecular flexibility index (Phi) is 1.33. The SMILES string of the molecule is [C]1=CN=CCS1. The van der Waals surface area contributed by atoms with E-state index in [0.717, 1.165) is 5.75 Å². The number of nitrogens with zero attached hydrogens (tertiary/aromatic N) is 1. The van der Waals surface area contributed by atoms with Gasteiger partial charge in [0.25, 0.3) is 0 Å². The second-order valence-electron chi connectivity index (χ2n) is 0.890. The topological polar surface area (TPSA) is 12.4 Å². The fourth-order valence-corrected chi connectivity index (χ4v) is 0.641. The third-order valence-electron chi connectivity index (χ3n) is 0.474. The molecule has 1 aliphatic rings. The summed E-state index contributed by atoms with van der Waals surface area (Å²) >= 11 is 1.64. The van der Waals surface area contributed by atoms with E-state index in [1.54, 1.807) is 18.0 Å². The Balaban J connectivity index is 2.46. The molecule has 0 aromatic rings. The van der Waals surface area contributed by atoms with Crippen molar-refractivity contribution in [1.82, 2.24) is 0 Å². The predicted octanol–water partition coefficient (Wildman–Crippen LogP) is 1.08. The van der Waals surface area contributed by atoms with Crippen LogP contribution in [0.4, 0.5) is 0 Å². The Morgan fingerprint density at radius 2 is 2.83 bits per heavy atom. The lowest BCUT2D eigenvalue weighted by molar-refractivity contribution is 1.57. The molecule has 1 aliphatic heterocycles. The van der Waals surface area contributed by atoms with Crippen molar-refractivity contribution in [2.24, 2.45) is 4.99 Å². The number of hydrogen-bond donors (Lipinski definition) is 0. The van der Waals surface area contributed by atoms with E-state index in [2.05, 4.69) is 10.4 Å². The van der Waals surface area contributed by atoms with Gasteiger partial charge in [0.2, 0.25) is 0 Å². The van der Waals surface area contributed by atoms with Crippen LogP contribution in [-0.2, 0) is 0 Å². The highest BCUT2D eigenvalue weighted by Crippen LogP contribution is 2.00. The van der Waals surface area contributed by atoms with Crippen molar-refractivity contribution in [3.63, 3.8) is 0 Å². The van der Waals surface area contributed by atoms with Crippen LogP contribution in [0.15, 0.2) is 11.2 Å². The molecule has 0 amide bonds. The molecule has 0 unspecified atom stereocenters. The second-order valence-corrected chi connectivity index (χ2v) is 1.75. The summed E-state index contributed by atoms with van der Waals surface area (Å²) in [5.41, 5.74) is 0. The van der Waals surface area contributed by atoms with Crippen molar-refractivity contribution in [2.75, 3.05) is 5.75 Å². The highest BCUT2D eigenvalue weighted by molar-refractivity contribution is 8.01. The molecule has 0 saturated carbocycles. The fourth-order valence-electron chi connectivity index (χ4n) is 0.249. The van der Waals surface area contributed by atoms with Crippen molar-refractivity contribution < 1.29 is 0 Å². The summed E-state index contributed by atoms with van der Waals surface area (Å²) < 4.78 is 0. The maximum absolute atomic E-state index is 3.80. The third-order valence-corrected chi connectivity index (χ3v) is 1.06. The summed E-state index contributed by atoms with van der Waals surface area (Å²) in [7, 11) is 0. The molecule has 0 fully saturated rings. The monoisotopic (exact) mass is 98.0 g/mol. The van der Waals surface area contributed by atoms with Gasteiger partial charge in [0.05, 0.1) is 0 Å². The van der Waals surface area contributed by atoms with Gasteiger partial charge in [-0.3, -0.25) is 4.99 Å². The Morgan fingerprint density at radius 3 is 3.00 bits per heavy atom. The first-order valence-corrected chi connectivity index (χ1v) is 2.69. The van der Waals surface area contributed by atoms with Gasteiger partial charge in [-0.05, 0) is 0 Å². The number of rotatable bonds is 0. The minimum absolute atomic E-state index is 0.983. The van der Waals surface area contributed by atoms with Crippen LogP contribution in [0.3, 0.4) is 0 Å². The van der Waals surface area contributed by atoms with Crippen LogP contribution in [0.1, 0.15) is 0 Å². The predicted molar refractivity (Wildman–Crippen MR) is 28.8 cm³/mol. The van der Waals surface area contributed by atoms with E-state index < -0.39 is 0 Å². The molecule has 6 heavy (non-hydrogen) atoms. The summed E-state index contributed by atoms with van der Waals surface area (Å²) in [6.45, 7) is 0. The fraction of sp³-hybridized carbons (Fsp3) is 0.250. The number of hydrogen-bond acceptors (Lipinski definition) is 2. The van der Waals surface area contributed by atoms with Crippen molar-refractivity contribution in [3.05, 3.63) is 11.6 Å². The van der Waals surface area contributed by atoms with Gasteiger partial charge in [-0.25, -0.2) is 0 Å². The quantitative estimate of drug-likeness (QED) is 0.441. The van der Waals surface area contributed by atoms with E-state index in [1.165, 1.54) is 0 Å². The van der Waals surface area contributed by atoms with Crippen LogP contribution < -0.4 is 0 Å². The highest BCUT2D eigenvalue weighted by Gasteiger charge is 1.79. The zero-order valence-corrected chi connectivity index (χ0v) is 4.03. The normalized spacial score (nSPS) is 18.7. The molecule has 0 atom stereocenters. The van der Waals surface area contributed by atoms with E-state index in [-0.39, 0.29) is 0 Å². The summed E-state index contributed by atoms with van der Waals surface area (Å²) in [5.74, 6) is 0.983. The van der Waals surface area contributed by atoms with Crippen LogP contribution in [-0.4, -0.2) is 12.0 Å². The molecular formula is C4H4NS. The van der Waals surface area contributed by atoms with Crippen LogP contribution in [0, 0.1) is 5.41 Å². The summed E-state index contributed by atoms with van der Waals surface area (Å²) in [6, 6.07) is 0. The van der Waals surface area contributed by atoms with E-state index in [9.17, 15) is 0 Å². The number of aliphatic imine (C=N–C) groups is 1. The lowest BCUT2D eigenvalue weighted by Gasteiger charge is -1.86. The van der Waals surface area contributed by atoms with Crippen molar-refractivity contribution in [2.45, 2.75) is 0 Å². The standard InChI is InChI=1S/C4H4NS/c1-3-6-4-2-5-1/h1-2H,3H2. The van der Waals surface area contributed by atoms with Gasteiger partial charge < -0.3 is 0 Å². The van der Waals surface area contributed by atoms with Crippen LogP contribution in [0.25, 0.3) is 0 Å². The molecule has 31 valence electrons. The first-order valence-electron chi connectivity index (χ1n) is 1.71. The average molecular weight is 98.2 g/mol. The molecule has 1 heterocycles.